The third kappa shape index (κ3) is 0.922. The van der Waals surface area contributed by atoms with Crippen LogP contribution in [-0.4, -0.2) is 19.5 Å². The van der Waals surface area contributed by atoms with Gasteiger partial charge in [-0.2, -0.15) is 0 Å². The van der Waals surface area contributed by atoms with Crippen LogP contribution in [0.25, 0.3) is 17.0 Å². The van der Waals surface area contributed by atoms with Crippen molar-refractivity contribution in [1.82, 2.24) is 19.5 Å². The number of rotatable bonds is 1. The number of nitrogens with one attached hydrogen (secondary N) is 2. The van der Waals surface area contributed by atoms with Crippen LogP contribution in [-0.2, 0) is 0 Å². The number of nitrogens with zero attached hydrogens (tertiary/aromatic N) is 3. The van der Waals surface area contributed by atoms with Crippen molar-refractivity contribution in [2.75, 3.05) is 0 Å². The number of hydrogen-bond acceptors (Lipinski definition) is 2. The maximum absolute atomic E-state index is 4.10. The molecule has 0 aliphatic carbocycles. The first-order chi connectivity index (χ1) is 6.95. The number of hydrogen-bond donors (Lipinski definition) is 1. The van der Waals surface area contributed by atoms with Gasteiger partial charge in [-0.3, -0.25) is 0 Å². The topological polar surface area (TPSA) is 60.6 Å². The molecule has 0 atom stereocenters. The highest BCUT2D eigenvalue weighted by molar-refractivity contribution is 5.75. The summed E-state index contributed by atoms with van der Waals surface area (Å²) in [6.07, 6.45) is 7.20. The lowest BCUT2D eigenvalue weighted by Gasteiger charge is -1.94. The highest BCUT2D eigenvalue weighted by atomic mass is 15.1. The summed E-state index contributed by atoms with van der Waals surface area (Å²) in [6.45, 7) is 0. The largest absolute Gasteiger partial charge is 0.336 e. The van der Waals surface area contributed by atoms with Gasteiger partial charge < -0.3 is 4.98 Å². The van der Waals surface area contributed by atoms with E-state index in [1.165, 1.54) is 0 Å². The summed E-state index contributed by atoms with van der Waals surface area (Å²) in [5.41, 5.74) is 1.62. The van der Waals surface area contributed by atoms with E-state index in [0.717, 1.165) is 11.3 Å². The van der Waals surface area contributed by atoms with E-state index in [0.29, 0.717) is 5.65 Å². The van der Waals surface area contributed by atoms with Gasteiger partial charge in [0, 0.05) is 0 Å². The van der Waals surface area contributed by atoms with Crippen LogP contribution in [0.5, 0.6) is 0 Å². The minimum Gasteiger partial charge on any atom is -0.336 e. The molecule has 0 bridgehead atoms. The van der Waals surface area contributed by atoms with Crippen LogP contribution in [0.15, 0.2) is 37.2 Å². The molecule has 0 aromatic carbocycles. The van der Waals surface area contributed by atoms with Crippen molar-refractivity contribution < 1.29 is 4.98 Å². The third-order valence-electron chi connectivity index (χ3n) is 2.11. The molecule has 3 heterocycles. The number of aromatic nitrogens is 5. The average molecular weight is 186 g/mol. The second-order valence-electron chi connectivity index (χ2n) is 2.94. The summed E-state index contributed by atoms with van der Waals surface area (Å²) in [7, 11) is 0. The summed E-state index contributed by atoms with van der Waals surface area (Å²) in [4.78, 5) is 14.3. The molecule has 0 radical (unpaired) electrons. The second kappa shape index (κ2) is 2.66. The SMILES string of the molecule is c1ccn(-c2[nH+]cnc3nc[nH]c23)c1. The molecule has 0 saturated heterocycles. The van der Waals surface area contributed by atoms with Crippen LogP contribution in [0.3, 0.4) is 0 Å². The molecule has 0 unspecified atom stereocenters. The first-order valence-corrected chi connectivity index (χ1v) is 4.28. The molecule has 5 nitrogen and oxygen atoms in total. The summed E-state index contributed by atoms with van der Waals surface area (Å²) >= 11 is 0. The predicted molar refractivity (Wildman–Crippen MR) is 49.8 cm³/mol. The molecule has 14 heavy (non-hydrogen) atoms. The van der Waals surface area contributed by atoms with Gasteiger partial charge in [0.25, 0.3) is 11.5 Å². The van der Waals surface area contributed by atoms with Gasteiger partial charge in [0.2, 0.25) is 6.33 Å². The van der Waals surface area contributed by atoms with E-state index in [9.17, 15) is 0 Å². The van der Waals surface area contributed by atoms with Crippen LogP contribution in [0.1, 0.15) is 0 Å². The van der Waals surface area contributed by atoms with E-state index in [-0.39, 0.29) is 0 Å². The minimum absolute atomic E-state index is 0.715. The summed E-state index contributed by atoms with van der Waals surface area (Å²) < 4.78 is 1.97. The van der Waals surface area contributed by atoms with Crippen LogP contribution in [0, 0.1) is 0 Å². The fourth-order valence-electron chi connectivity index (χ4n) is 1.47. The van der Waals surface area contributed by atoms with Gasteiger partial charge in [0.05, 0.1) is 18.7 Å². The first kappa shape index (κ1) is 7.25. The normalized spacial score (nSPS) is 10.9. The van der Waals surface area contributed by atoms with E-state index in [1.807, 2.05) is 29.1 Å². The fourth-order valence-corrected chi connectivity index (χ4v) is 1.47. The standard InChI is InChI=1S/C9H7N5/c1-2-4-14(3-1)9-7-8(11-5-10-7)12-6-13-9/h1-6H,(H,10,11,12,13)/p+1. The molecule has 0 aliphatic rings. The Morgan fingerprint density at radius 2 is 2.07 bits per heavy atom. The molecule has 0 aliphatic heterocycles. The van der Waals surface area contributed by atoms with E-state index in [1.54, 1.807) is 12.7 Å². The van der Waals surface area contributed by atoms with Gasteiger partial charge in [0.15, 0.2) is 5.52 Å². The Morgan fingerprint density at radius 3 is 2.93 bits per heavy atom. The van der Waals surface area contributed by atoms with Crippen molar-refractivity contribution >= 4 is 11.2 Å². The maximum atomic E-state index is 4.10. The minimum atomic E-state index is 0.715. The van der Waals surface area contributed by atoms with Gasteiger partial charge in [0.1, 0.15) is 0 Å². The monoisotopic (exact) mass is 186 g/mol. The van der Waals surface area contributed by atoms with Crippen molar-refractivity contribution in [3.05, 3.63) is 37.2 Å². The highest BCUT2D eigenvalue weighted by Crippen LogP contribution is 2.10. The summed E-state index contributed by atoms with van der Waals surface area (Å²) in [5, 5.41) is 0. The van der Waals surface area contributed by atoms with Gasteiger partial charge >= 0.3 is 0 Å². The Morgan fingerprint density at radius 1 is 1.21 bits per heavy atom. The summed E-state index contributed by atoms with van der Waals surface area (Å²) in [6, 6.07) is 3.94. The van der Waals surface area contributed by atoms with Crippen LogP contribution < -0.4 is 4.98 Å². The lowest BCUT2D eigenvalue weighted by atomic mass is 10.5. The zero-order valence-electron chi connectivity index (χ0n) is 7.31. The predicted octanol–water partition coefficient (Wildman–Crippen LogP) is 0.563. The molecule has 3 aromatic heterocycles. The molecular formula is C9H8N5+. The van der Waals surface area contributed by atoms with E-state index in [2.05, 4.69) is 19.9 Å². The van der Waals surface area contributed by atoms with Crippen molar-refractivity contribution in [3.63, 3.8) is 0 Å². The quantitative estimate of drug-likeness (QED) is 0.603. The molecule has 2 N–H and O–H groups in total. The maximum Gasteiger partial charge on any atom is 0.260 e. The van der Waals surface area contributed by atoms with Gasteiger partial charge in [-0.1, -0.05) is 4.98 Å². The molecule has 0 amide bonds. The van der Waals surface area contributed by atoms with E-state index >= 15 is 0 Å². The molecule has 5 heteroatoms. The van der Waals surface area contributed by atoms with Gasteiger partial charge in [-0.15, -0.1) is 0 Å². The lowest BCUT2D eigenvalue weighted by Crippen LogP contribution is -2.13. The van der Waals surface area contributed by atoms with Crippen LogP contribution >= 0.6 is 0 Å². The molecule has 3 aromatic rings. The van der Waals surface area contributed by atoms with Crippen molar-refractivity contribution in [2.45, 2.75) is 0 Å². The van der Waals surface area contributed by atoms with Crippen molar-refractivity contribution in [1.29, 1.82) is 0 Å². The van der Waals surface area contributed by atoms with Crippen molar-refractivity contribution in [3.8, 4) is 5.82 Å². The second-order valence-corrected chi connectivity index (χ2v) is 2.94. The number of imidazole rings is 1. The Bertz CT molecular complexity index is 551. The molecule has 0 spiro atoms. The van der Waals surface area contributed by atoms with Crippen LogP contribution in [0.4, 0.5) is 0 Å². The number of H-pyrrole nitrogens is 2. The Labute approximate surface area is 79.5 Å². The smallest absolute Gasteiger partial charge is 0.260 e. The fraction of sp³-hybridized carbons (Fsp3) is 0. The van der Waals surface area contributed by atoms with E-state index < -0.39 is 0 Å². The Balaban J connectivity index is 2.36. The number of fused-ring (bicyclic) bond motifs is 1. The zero-order chi connectivity index (χ0) is 9.38. The third-order valence-corrected chi connectivity index (χ3v) is 2.11. The zero-order valence-corrected chi connectivity index (χ0v) is 7.31. The molecule has 3 rings (SSSR count). The molecule has 0 saturated carbocycles. The molecule has 0 fully saturated rings. The van der Waals surface area contributed by atoms with Crippen molar-refractivity contribution in [2.24, 2.45) is 0 Å². The Hall–Kier alpha value is -2.17. The van der Waals surface area contributed by atoms with Gasteiger partial charge in [-0.25, -0.2) is 14.5 Å². The van der Waals surface area contributed by atoms with Gasteiger partial charge in [-0.05, 0) is 12.1 Å². The number of aromatic amines is 2. The first-order valence-electron chi connectivity index (χ1n) is 4.28. The lowest BCUT2D eigenvalue weighted by molar-refractivity contribution is -0.375. The molecule has 68 valence electrons. The summed E-state index contributed by atoms with van der Waals surface area (Å²) in [5.74, 6) is 0.942. The Kier molecular flexibility index (Phi) is 1.38. The van der Waals surface area contributed by atoms with E-state index in [4.69, 9.17) is 0 Å². The average Bonchev–Trinajstić information content (AvgIpc) is 2.88. The van der Waals surface area contributed by atoms with Crippen LogP contribution in [0.2, 0.25) is 0 Å². The molecular weight excluding hydrogens is 178 g/mol. The highest BCUT2D eigenvalue weighted by Gasteiger charge is 2.11.